The highest BCUT2D eigenvalue weighted by Crippen LogP contribution is 2.32. The van der Waals surface area contributed by atoms with Gasteiger partial charge in [-0.2, -0.15) is 0 Å². The molecule has 8 heteroatoms. The summed E-state index contributed by atoms with van der Waals surface area (Å²) >= 11 is 7.14. The molecular weight excluding hydrogens is 412 g/mol. The Bertz CT molecular complexity index is 1140. The van der Waals surface area contributed by atoms with Crippen LogP contribution in [0, 0.1) is 0 Å². The SMILES string of the molecule is CCOc1ccc2oc(-c3csc(NC(=O)COc4ccc(Cl)cc4)n3)cc2c1. The monoisotopic (exact) mass is 428 g/mol. The number of hydrogen-bond donors (Lipinski definition) is 1. The Morgan fingerprint density at radius 2 is 1.93 bits per heavy atom. The minimum Gasteiger partial charge on any atom is -0.494 e. The van der Waals surface area contributed by atoms with Crippen LogP contribution in [0.1, 0.15) is 6.92 Å². The summed E-state index contributed by atoms with van der Waals surface area (Å²) in [5.74, 6) is 1.69. The zero-order chi connectivity index (χ0) is 20.2. The van der Waals surface area contributed by atoms with Crippen LogP contribution in [0.25, 0.3) is 22.4 Å². The summed E-state index contributed by atoms with van der Waals surface area (Å²) in [7, 11) is 0. The average molecular weight is 429 g/mol. The van der Waals surface area contributed by atoms with Gasteiger partial charge in [0.25, 0.3) is 5.91 Å². The number of halogens is 1. The molecular formula is C21H17ClN2O4S. The first-order valence-corrected chi connectivity index (χ1v) is 10.2. The fourth-order valence-electron chi connectivity index (χ4n) is 2.68. The van der Waals surface area contributed by atoms with Gasteiger partial charge in [-0.15, -0.1) is 11.3 Å². The summed E-state index contributed by atoms with van der Waals surface area (Å²) in [5.41, 5.74) is 1.40. The van der Waals surface area contributed by atoms with Gasteiger partial charge in [-0.25, -0.2) is 4.98 Å². The second-order valence-electron chi connectivity index (χ2n) is 6.07. The van der Waals surface area contributed by atoms with Crippen molar-refractivity contribution in [1.29, 1.82) is 0 Å². The van der Waals surface area contributed by atoms with Crippen molar-refractivity contribution in [2.75, 3.05) is 18.5 Å². The molecule has 2 aromatic carbocycles. The van der Waals surface area contributed by atoms with E-state index in [0.29, 0.717) is 34.0 Å². The van der Waals surface area contributed by atoms with Crippen molar-refractivity contribution in [3.63, 3.8) is 0 Å². The number of nitrogens with zero attached hydrogens (tertiary/aromatic N) is 1. The molecule has 29 heavy (non-hydrogen) atoms. The van der Waals surface area contributed by atoms with Gasteiger partial charge in [0.05, 0.1) is 6.61 Å². The first-order chi connectivity index (χ1) is 14.1. The largest absolute Gasteiger partial charge is 0.494 e. The highest BCUT2D eigenvalue weighted by Gasteiger charge is 2.13. The lowest BCUT2D eigenvalue weighted by Crippen LogP contribution is -2.20. The van der Waals surface area contributed by atoms with Crippen molar-refractivity contribution in [3.8, 4) is 23.0 Å². The van der Waals surface area contributed by atoms with E-state index in [1.807, 2.05) is 36.6 Å². The number of nitrogens with one attached hydrogen (secondary N) is 1. The summed E-state index contributed by atoms with van der Waals surface area (Å²) in [6.45, 7) is 2.42. The highest BCUT2D eigenvalue weighted by molar-refractivity contribution is 7.14. The fourth-order valence-corrected chi connectivity index (χ4v) is 3.53. The molecule has 4 rings (SSSR count). The summed E-state index contributed by atoms with van der Waals surface area (Å²) in [5, 5.41) is 6.57. The molecule has 0 saturated heterocycles. The molecule has 0 aliphatic heterocycles. The summed E-state index contributed by atoms with van der Waals surface area (Å²) in [6.07, 6.45) is 0. The Hall–Kier alpha value is -3.03. The number of thiazole rings is 1. The van der Waals surface area contributed by atoms with E-state index in [0.717, 1.165) is 16.7 Å². The lowest BCUT2D eigenvalue weighted by Gasteiger charge is -2.05. The van der Waals surface area contributed by atoms with Crippen LogP contribution in [-0.2, 0) is 4.79 Å². The molecule has 0 spiro atoms. The van der Waals surface area contributed by atoms with Gasteiger partial charge >= 0.3 is 0 Å². The van der Waals surface area contributed by atoms with Crippen LogP contribution in [0.15, 0.2) is 58.3 Å². The second kappa shape index (κ2) is 8.55. The number of anilines is 1. The van der Waals surface area contributed by atoms with E-state index < -0.39 is 0 Å². The molecule has 2 heterocycles. The first-order valence-electron chi connectivity index (χ1n) is 8.91. The smallest absolute Gasteiger partial charge is 0.264 e. The molecule has 0 aliphatic carbocycles. The molecule has 148 valence electrons. The number of rotatable bonds is 7. The average Bonchev–Trinajstić information content (AvgIpc) is 3.34. The number of hydrogen-bond acceptors (Lipinski definition) is 6. The summed E-state index contributed by atoms with van der Waals surface area (Å²) < 4.78 is 16.8. The molecule has 0 saturated carbocycles. The third kappa shape index (κ3) is 4.70. The quantitative estimate of drug-likeness (QED) is 0.413. The van der Waals surface area contributed by atoms with Gasteiger partial charge in [0.2, 0.25) is 0 Å². The van der Waals surface area contributed by atoms with Crippen LogP contribution >= 0.6 is 22.9 Å². The lowest BCUT2D eigenvalue weighted by molar-refractivity contribution is -0.118. The molecule has 0 fully saturated rings. The van der Waals surface area contributed by atoms with Crippen molar-refractivity contribution >= 4 is 44.9 Å². The number of carbonyl (C=O) groups is 1. The van der Waals surface area contributed by atoms with Crippen LogP contribution in [0.4, 0.5) is 5.13 Å². The zero-order valence-corrected chi connectivity index (χ0v) is 17.0. The fraction of sp³-hybridized carbons (Fsp3) is 0.143. The predicted molar refractivity (Wildman–Crippen MR) is 114 cm³/mol. The number of furan rings is 1. The standard InChI is InChI=1S/C21H17ClN2O4S/c1-2-26-16-7-8-18-13(9-16)10-19(28-18)17-12-29-21(23-17)24-20(25)11-27-15-5-3-14(22)4-6-15/h3-10,12H,2,11H2,1H3,(H,23,24,25). The molecule has 4 aromatic rings. The van der Waals surface area contributed by atoms with Crippen LogP contribution in [0.5, 0.6) is 11.5 Å². The van der Waals surface area contributed by atoms with E-state index in [9.17, 15) is 4.79 Å². The van der Waals surface area contributed by atoms with E-state index in [-0.39, 0.29) is 12.5 Å². The summed E-state index contributed by atoms with van der Waals surface area (Å²) in [6, 6.07) is 14.4. The second-order valence-corrected chi connectivity index (χ2v) is 7.37. The van der Waals surface area contributed by atoms with Gasteiger partial charge in [0.15, 0.2) is 17.5 Å². The van der Waals surface area contributed by atoms with Crippen LogP contribution in [0.3, 0.4) is 0 Å². The molecule has 0 bridgehead atoms. The minimum atomic E-state index is -0.299. The Morgan fingerprint density at radius 3 is 2.72 bits per heavy atom. The number of benzene rings is 2. The van der Waals surface area contributed by atoms with Crippen LogP contribution < -0.4 is 14.8 Å². The van der Waals surface area contributed by atoms with Gasteiger partial charge in [-0.3, -0.25) is 10.1 Å². The topological polar surface area (TPSA) is 73.6 Å². The van der Waals surface area contributed by atoms with Gasteiger partial charge < -0.3 is 13.9 Å². The third-order valence-electron chi connectivity index (χ3n) is 3.99. The van der Waals surface area contributed by atoms with Gasteiger partial charge in [-0.1, -0.05) is 11.6 Å². The van der Waals surface area contributed by atoms with E-state index in [2.05, 4.69) is 10.3 Å². The van der Waals surface area contributed by atoms with Crippen molar-refractivity contribution < 1.29 is 18.7 Å². The third-order valence-corrected chi connectivity index (χ3v) is 5.00. The molecule has 0 atom stereocenters. The normalized spacial score (nSPS) is 10.8. The number of fused-ring (bicyclic) bond motifs is 1. The highest BCUT2D eigenvalue weighted by atomic mass is 35.5. The minimum absolute atomic E-state index is 0.124. The Balaban J connectivity index is 1.40. The Labute approximate surface area is 176 Å². The predicted octanol–water partition coefficient (Wildman–Crippen LogP) is 5.63. The van der Waals surface area contributed by atoms with Crippen molar-refractivity contribution in [3.05, 3.63) is 58.9 Å². The van der Waals surface area contributed by atoms with Gasteiger partial charge in [0.1, 0.15) is 22.8 Å². The Morgan fingerprint density at radius 1 is 1.14 bits per heavy atom. The van der Waals surface area contributed by atoms with E-state index in [1.165, 1.54) is 11.3 Å². The molecule has 1 N–H and O–H groups in total. The number of ether oxygens (including phenoxy) is 2. The van der Waals surface area contributed by atoms with Crippen molar-refractivity contribution in [2.45, 2.75) is 6.92 Å². The van der Waals surface area contributed by atoms with Crippen LogP contribution in [-0.4, -0.2) is 24.1 Å². The maximum absolute atomic E-state index is 12.1. The van der Waals surface area contributed by atoms with E-state index in [1.54, 1.807) is 24.3 Å². The maximum Gasteiger partial charge on any atom is 0.264 e. The molecule has 0 aliphatic rings. The van der Waals surface area contributed by atoms with Crippen LogP contribution in [0.2, 0.25) is 5.02 Å². The molecule has 1 amide bonds. The maximum atomic E-state index is 12.1. The van der Waals surface area contributed by atoms with Crippen molar-refractivity contribution in [2.24, 2.45) is 0 Å². The van der Waals surface area contributed by atoms with E-state index in [4.69, 9.17) is 25.5 Å². The van der Waals surface area contributed by atoms with Crippen molar-refractivity contribution in [1.82, 2.24) is 4.98 Å². The van der Waals surface area contributed by atoms with E-state index >= 15 is 0 Å². The van der Waals surface area contributed by atoms with Gasteiger partial charge in [0, 0.05) is 15.8 Å². The molecule has 6 nitrogen and oxygen atoms in total. The molecule has 0 unspecified atom stereocenters. The summed E-state index contributed by atoms with van der Waals surface area (Å²) in [4.78, 5) is 16.5. The number of amides is 1. The van der Waals surface area contributed by atoms with Gasteiger partial charge in [-0.05, 0) is 55.5 Å². The molecule has 2 aromatic heterocycles. The zero-order valence-electron chi connectivity index (χ0n) is 15.5. The molecule has 0 radical (unpaired) electrons. The number of carbonyl (C=O) groups excluding carboxylic acids is 1. The first kappa shape index (κ1) is 19.3. The lowest BCUT2D eigenvalue weighted by atomic mass is 10.2. The number of aromatic nitrogens is 1. The Kier molecular flexibility index (Phi) is 5.69.